The molecule has 0 spiro atoms. The van der Waals surface area contributed by atoms with Crippen molar-refractivity contribution in [1.29, 1.82) is 0 Å². The van der Waals surface area contributed by atoms with Gasteiger partial charge in [0.1, 0.15) is 0 Å². The third-order valence-electron chi connectivity index (χ3n) is 4.03. The van der Waals surface area contributed by atoms with E-state index in [0.29, 0.717) is 24.5 Å². The van der Waals surface area contributed by atoms with Crippen LogP contribution >= 0.6 is 0 Å². The molecule has 1 amide bonds. The predicted octanol–water partition coefficient (Wildman–Crippen LogP) is 0.383. The van der Waals surface area contributed by atoms with Gasteiger partial charge in [-0.2, -0.15) is 0 Å². The number of nitrogens with one attached hydrogen (secondary N) is 2. The second-order valence-corrected chi connectivity index (χ2v) is 5.67. The Bertz CT molecular complexity index is 278. The van der Waals surface area contributed by atoms with E-state index in [9.17, 15) is 4.79 Å². The second-order valence-electron chi connectivity index (χ2n) is 5.67. The van der Waals surface area contributed by atoms with E-state index in [-0.39, 0.29) is 17.9 Å². The van der Waals surface area contributed by atoms with Crippen molar-refractivity contribution in [1.82, 2.24) is 10.6 Å². The lowest BCUT2D eigenvalue weighted by Crippen LogP contribution is -2.43. The minimum absolute atomic E-state index is 0.0214. The van der Waals surface area contributed by atoms with E-state index in [1.54, 1.807) is 0 Å². The molecule has 1 aliphatic carbocycles. The average Bonchev–Trinajstić information content (AvgIpc) is 2.68. The molecule has 0 radical (unpaired) electrons. The highest BCUT2D eigenvalue weighted by molar-refractivity contribution is 5.79. The topological polar surface area (TPSA) is 50.4 Å². The lowest BCUT2D eigenvalue weighted by molar-refractivity contribution is -0.125. The van der Waals surface area contributed by atoms with E-state index in [4.69, 9.17) is 4.74 Å². The van der Waals surface area contributed by atoms with Gasteiger partial charge < -0.3 is 15.4 Å². The molecule has 2 aliphatic rings. The van der Waals surface area contributed by atoms with Gasteiger partial charge in [-0.1, -0.05) is 13.8 Å². The molecule has 4 heteroatoms. The largest absolute Gasteiger partial charge is 0.379 e. The zero-order valence-electron chi connectivity index (χ0n) is 10.4. The van der Waals surface area contributed by atoms with Crippen LogP contribution in [0.2, 0.25) is 0 Å². The van der Waals surface area contributed by atoms with E-state index in [0.717, 1.165) is 6.54 Å². The minimum atomic E-state index is -0.0214. The molecule has 2 N–H and O–H groups in total. The van der Waals surface area contributed by atoms with Crippen molar-refractivity contribution in [2.75, 3.05) is 26.8 Å². The number of ether oxygens (including phenoxy) is 1. The van der Waals surface area contributed by atoms with Crippen LogP contribution in [0.4, 0.5) is 0 Å². The van der Waals surface area contributed by atoms with Gasteiger partial charge in [0.2, 0.25) is 5.91 Å². The van der Waals surface area contributed by atoms with Crippen LogP contribution in [-0.2, 0) is 9.53 Å². The third kappa shape index (κ3) is 2.38. The first-order valence-electron chi connectivity index (χ1n) is 6.07. The number of rotatable bonds is 4. The van der Waals surface area contributed by atoms with Gasteiger partial charge in [-0.3, -0.25) is 4.79 Å². The highest BCUT2D eigenvalue weighted by atomic mass is 16.5. The van der Waals surface area contributed by atoms with Gasteiger partial charge in [0.05, 0.1) is 19.1 Å². The summed E-state index contributed by atoms with van der Waals surface area (Å²) in [5, 5.41) is 6.18. The SMILES string of the molecule is CNC1COCC1C(=O)NCC1CC1(C)C. The van der Waals surface area contributed by atoms with Crippen LogP contribution in [0.1, 0.15) is 20.3 Å². The summed E-state index contributed by atoms with van der Waals surface area (Å²) in [6, 6.07) is 0.173. The molecular weight excluding hydrogens is 204 g/mol. The Hall–Kier alpha value is -0.610. The summed E-state index contributed by atoms with van der Waals surface area (Å²) in [6.07, 6.45) is 1.23. The van der Waals surface area contributed by atoms with Gasteiger partial charge in [-0.15, -0.1) is 0 Å². The first-order chi connectivity index (χ1) is 7.54. The second kappa shape index (κ2) is 4.34. The quantitative estimate of drug-likeness (QED) is 0.729. The molecule has 2 fully saturated rings. The standard InChI is InChI=1S/C12H22N2O2/c1-12(2)4-8(12)5-14-11(15)9-6-16-7-10(9)13-3/h8-10,13H,4-7H2,1-3H3,(H,14,15). The van der Waals surface area contributed by atoms with E-state index in [1.807, 2.05) is 7.05 Å². The zero-order valence-corrected chi connectivity index (χ0v) is 10.4. The van der Waals surface area contributed by atoms with Crippen molar-refractivity contribution in [3.05, 3.63) is 0 Å². The van der Waals surface area contributed by atoms with Crippen LogP contribution in [0.15, 0.2) is 0 Å². The number of likely N-dealkylation sites (N-methyl/N-ethyl adjacent to an activating group) is 1. The molecule has 3 atom stereocenters. The molecule has 16 heavy (non-hydrogen) atoms. The number of carbonyl (C=O) groups is 1. The molecule has 0 aromatic rings. The smallest absolute Gasteiger partial charge is 0.227 e. The third-order valence-corrected chi connectivity index (χ3v) is 4.03. The molecular formula is C12H22N2O2. The van der Waals surface area contributed by atoms with Gasteiger partial charge >= 0.3 is 0 Å². The Balaban J connectivity index is 1.75. The number of hydrogen-bond acceptors (Lipinski definition) is 3. The van der Waals surface area contributed by atoms with Crippen molar-refractivity contribution in [2.45, 2.75) is 26.3 Å². The van der Waals surface area contributed by atoms with E-state index < -0.39 is 0 Å². The van der Waals surface area contributed by atoms with Crippen molar-refractivity contribution in [2.24, 2.45) is 17.3 Å². The number of hydrogen-bond donors (Lipinski definition) is 2. The Kier molecular flexibility index (Phi) is 3.22. The van der Waals surface area contributed by atoms with Crippen LogP contribution in [0.25, 0.3) is 0 Å². The molecule has 3 unspecified atom stereocenters. The predicted molar refractivity (Wildman–Crippen MR) is 62.1 cm³/mol. The van der Waals surface area contributed by atoms with Crippen LogP contribution in [0.5, 0.6) is 0 Å². The Morgan fingerprint density at radius 1 is 1.44 bits per heavy atom. The van der Waals surface area contributed by atoms with Crippen LogP contribution < -0.4 is 10.6 Å². The summed E-state index contributed by atoms with van der Waals surface area (Å²) >= 11 is 0. The maximum atomic E-state index is 11.9. The summed E-state index contributed by atoms with van der Waals surface area (Å²) in [4.78, 5) is 11.9. The monoisotopic (exact) mass is 226 g/mol. The molecule has 1 saturated carbocycles. The highest BCUT2D eigenvalue weighted by Gasteiger charge is 2.45. The fourth-order valence-electron chi connectivity index (χ4n) is 2.38. The maximum Gasteiger partial charge on any atom is 0.227 e. The Morgan fingerprint density at radius 2 is 2.12 bits per heavy atom. The summed E-state index contributed by atoms with van der Waals surface area (Å²) in [5.74, 6) is 0.776. The van der Waals surface area contributed by atoms with E-state index >= 15 is 0 Å². The van der Waals surface area contributed by atoms with Crippen molar-refractivity contribution < 1.29 is 9.53 Å². The summed E-state index contributed by atoms with van der Waals surface area (Å²) < 4.78 is 5.32. The van der Waals surface area contributed by atoms with E-state index in [2.05, 4.69) is 24.5 Å². The average molecular weight is 226 g/mol. The molecule has 92 valence electrons. The summed E-state index contributed by atoms with van der Waals surface area (Å²) in [6.45, 7) is 6.51. The molecule has 1 aliphatic heterocycles. The molecule has 0 bridgehead atoms. The van der Waals surface area contributed by atoms with Gasteiger partial charge in [-0.25, -0.2) is 0 Å². The highest BCUT2D eigenvalue weighted by Crippen LogP contribution is 2.50. The van der Waals surface area contributed by atoms with Gasteiger partial charge in [0.15, 0.2) is 0 Å². The van der Waals surface area contributed by atoms with E-state index in [1.165, 1.54) is 6.42 Å². The number of carbonyl (C=O) groups excluding carboxylic acids is 1. The number of amides is 1. The van der Waals surface area contributed by atoms with Crippen LogP contribution in [0.3, 0.4) is 0 Å². The van der Waals surface area contributed by atoms with Crippen molar-refractivity contribution in [3.8, 4) is 0 Å². The minimum Gasteiger partial charge on any atom is -0.379 e. The molecule has 1 saturated heterocycles. The molecule has 0 aromatic carbocycles. The lowest BCUT2D eigenvalue weighted by atomic mass is 10.0. The van der Waals surface area contributed by atoms with Crippen molar-refractivity contribution in [3.63, 3.8) is 0 Å². The van der Waals surface area contributed by atoms with Gasteiger partial charge in [-0.05, 0) is 24.8 Å². The molecule has 0 aromatic heterocycles. The first-order valence-corrected chi connectivity index (χ1v) is 6.07. The van der Waals surface area contributed by atoms with Crippen LogP contribution in [-0.4, -0.2) is 38.8 Å². The first kappa shape index (κ1) is 11.9. The Morgan fingerprint density at radius 3 is 2.69 bits per heavy atom. The molecule has 2 rings (SSSR count). The maximum absolute atomic E-state index is 11.9. The normalized spacial score (nSPS) is 36.1. The summed E-state index contributed by atoms with van der Waals surface area (Å²) in [7, 11) is 1.88. The van der Waals surface area contributed by atoms with Crippen LogP contribution in [0, 0.1) is 17.3 Å². The lowest BCUT2D eigenvalue weighted by Gasteiger charge is -2.16. The van der Waals surface area contributed by atoms with Gasteiger partial charge in [0, 0.05) is 12.6 Å². The van der Waals surface area contributed by atoms with Gasteiger partial charge in [0.25, 0.3) is 0 Å². The summed E-state index contributed by atoms with van der Waals surface area (Å²) in [5.41, 5.74) is 0.432. The fraction of sp³-hybridized carbons (Fsp3) is 0.917. The Labute approximate surface area is 97.1 Å². The fourth-order valence-corrected chi connectivity index (χ4v) is 2.38. The molecule has 4 nitrogen and oxygen atoms in total. The van der Waals surface area contributed by atoms with Crippen molar-refractivity contribution >= 4 is 5.91 Å². The zero-order chi connectivity index (χ0) is 11.8. The molecule has 1 heterocycles.